The van der Waals surface area contributed by atoms with E-state index in [1.807, 2.05) is 24.3 Å². The highest BCUT2D eigenvalue weighted by molar-refractivity contribution is 5.33. The molecule has 0 saturated carbocycles. The number of ether oxygens (including phenoxy) is 1. The first-order chi connectivity index (χ1) is 13.2. The van der Waals surface area contributed by atoms with E-state index in [2.05, 4.69) is 44.2 Å². The van der Waals surface area contributed by atoms with Gasteiger partial charge in [0.25, 0.3) is 0 Å². The van der Waals surface area contributed by atoms with Gasteiger partial charge in [-0.05, 0) is 55.4 Å². The summed E-state index contributed by atoms with van der Waals surface area (Å²) >= 11 is 0. The Morgan fingerprint density at radius 2 is 1.92 bits per heavy atom. The lowest BCUT2D eigenvalue weighted by Crippen LogP contribution is -2.14. The fraction of sp³-hybridized carbons (Fsp3) is 0.333. The van der Waals surface area contributed by atoms with E-state index in [4.69, 9.17) is 11.2 Å². The van der Waals surface area contributed by atoms with E-state index in [1.54, 1.807) is 6.08 Å². The predicted octanol–water partition coefficient (Wildman–Crippen LogP) is 5.22. The zero-order valence-corrected chi connectivity index (χ0v) is 15.8. The molecular formula is C24H30O2. The van der Waals surface area contributed by atoms with E-state index in [1.165, 1.54) is 34.4 Å². The maximum Gasteiger partial charge on any atom is 0.101 e. The molecule has 3 rings (SSSR count). The van der Waals surface area contributed by atoms with Gasteiger partial charge in [-0.25, -0.2) is 0 Å². The third-order valence-corrected chi connectivity index (χ3v) is 4.35. The van der Waals surface area contributed by atoms with Crippen LogP contribution in [0.1, 0.15) is 43.6 Å². The van der Waals surface area contributed by atoms with Gasteiger partial charge in [-0.15, -0.1) is 6.55 Å². The van der Waals surface area contributed by atoms with Crippen molar-refractivity contribution in [3.8, 4) is 0 Å². The molecule has 0 unspecified atom stereocenters. The van der Waals surface area contributed by atoms with Crippen molar-refractivity contribution in [1.29, 1.82) is 0 Å². The summed E-state index contributed by atoms with van der Waals surface area (Å²) in [6.07, 6.45) is 6.68. The minimum absolute atomic E-state index is 0.171. The molecule has 0 spiro atoms. The molecule has 26 heavy (non-hydrogen) atoms. The van der Waals surface area contributed by atoms with Crippen molar-refractivity contribution in [2.45, 2.75) is 39.2 Å². The molecule has 0 aromatic heterocycles. The Labute approximate surface area is 159 Å². The first kappa shape index (κ1) is 18.6. The highest BCUT2D eigenvalue weighted by Gasteiger charge is 2.17. The topological polar surface area (TPSA) is 29.5 Å². The van der Waals surface area contributed by atoms with E-state index >= 15 is 0 Å². The molecule has 2 nitrogen and oxygen atoms in total. The quantitative estimate of drug-likeness (QED) is 0.749. The van der Waals surface area contributed by atoms with E-state index < -0.39 is 0 Å². The number of rotatable bonds is 5. The van der Waals surface area contributed by atoms with Crippen LogP contribution in [0.2, 0.25) is 0 Å². The van der Waals surface area contributed by atoms with Gasteiger partial charge in [-0.1, -0.05) is 66.3 Å². The third kappa shape index (κ3) is 5.98. The molecular weight excluding hydrogens is 320 g/mol. The van der Waals surface area contributed by atoms with Crippen LogP contribution in [0, 0.1) is 0 Å². The van der Waals surface area contributed by atoms with Crippen molar-refractivity contribution < 1.29 is 11.2 Å². The average molecular weight is 352 g/mol. The van der Waals surface area contributed by atoms with E-state index in [0.29, 0.717) is 6.42 Å². The van der Waals surface area contributed by atoms with Crippen molar-refractivity contribution in [2.75, 3.05) is 13.2 Å². The molecule has 0 saturated heterocycles. The summed E-state index contributed by atoms with van der Waals surface area (Å²) in [5.74, 6) is 0. The summed E-state index contributed by atoms with van der Waals surface area (Å²) in [6.45, 7) is 6.55. The smallest absolute Gasteiger partial charge is 0.101 e. The Hall–Kier alpha value is -2.16. The summed E-state index contributed by atoms with van der Waals surface area (Å²) in [4.78, 5) is 0. The Kier molecular flexibility index (Phi) is 7.70. The summed E-state index contributed by atoms with van der Waals surface area (Å²) in [5.41, 5.74) is 6.44. The van der Waals surface area contributed by atoms with E-state index in [0.717, 1.165) is 19.4 Å². The van der Waals surface area contributed by atoms with Crippen LogP contribution >= 0.6 is 0 Å². The van der Waals surface area contributed by atoms with Crippen LogP contribution in [0.15, 0.2) is 72.8 Å². The highest BCUT2D eigenvalue weighted by atomic mass is 16.5. The second kappa shape index (κ2) is 10.7. The lowest BCUT2D eigenvalue weighted by Gasteiger charge is -2.24. The van der Waals surface area contributed by atoms with Gasteiger partial charge in [0.2, 0.25) is 0 Å². The molecule has 2 heteroatoms. The van der Waals surface area contributed by atoms with Crippen LogP contribution in [-0.4, -0.2) is 18.3 Å². The van der Waals surface area contributed by atoms with Crippen molar-refractivity contribution in [2.24, 2.45) is 0 Å². The average Bonchev–Trinajstić information content (AvgIpc) is 2.68. The molecule has 1 aliphatic heterocycles. The zero-order chi connectivity index (χ0) is 19.5. The second-order valence-electron chi connectivity index (χ2n) is 6.67. The van der Waals surface area contributed by atoms with Gasteiger partial charge in [0, 0.05) is 6.61 Å². The van der Waals surface area contributed by atoms with Gasteiger partial charge in [-0.2, -0.15) is 0 Å². The second-order valence-corrected chi connectivity index (χ2v) is 6.67. The monoisotopic (exact) mass is 351 g/mol. The lowest BCUT2D eigenvalue weighted by molar-refractivity contribution is 0.0745. The fourth-order valence-electron chi connectivity index (χ4n) is 3.11. The Morgan fingerprint density at radius 3 is 2.65 bits per heavy atom. The minimum atomic E-state index is 0.171. The molecule has 0 bridgehead atoms. The van der Waals surface area contributed by atoms with Crippen molar-refractivity contribution in [3.05, 3.63) is 95.1 Å². The minimum Gasteiger partial charge on any atom is -0.396 e. The summed E-state index contributed by atoms with van der Waals surface area (Å²) < 4.78 is 12.6. The van der Waals surface area contributed by atoms with Gasteiger partial charge in [-0.3, -0.25) is 0 Å². The van der Waals surface area contributed by atoms with Gasteiger partial charge < -0.3 is 9.84 Å². The van der Waals surface area contributed by atoms with E-state index in [-0.39, 0.29) is 12.7 Å². The zero-order valence-electron chi connectivity index (χ0n) is 16.8. The number of hydrogen-bond acceptors (Lipinski definition) is 2. The standard InChI is InChI=1S/C13H16O.C11H14O/c1-10(2)9-13-12-6-4-3-5-11(12)7-8-14-13;1-2-5-10-6-3-4-7-11(10)8-9-12/h3-6,9,13H,7-8H2,1-2H3;2-4,6-7,12H,1,5,8-9H2/t13-;/m0./s1/i;1D. The van der Waals surface area contributed by atoms with Gasteiger partial charge in [0.15, 0.2) is 0 Å². The molecule has 2 aromatic carbocycles. The molecule has 1 N–H and O–H groups in total. The largest absolute Gasteiger partial charge is 0.396 e. The molecule has 0 fully saturated rings. The van der Waals surface area contributed by atoms with Crippen molar-refractivity contribution in [3.63, 3.8) is 0 Å². The molecule has 1 aliphatic rings. The number of benzene rings is 2. The molecule has 0 amide bonds. The molecule has 0 aliphatic carbocycles. The van der Waals surface area contributed by atoms with Gasteiger partial charge in [0.05, 0.1) is 7.98 Å². The van der Waals surface area contributed by atoms with Gasteiger partial charge >= 0.3 is 0 Å². The molecule has 138 valence electrons. The number of aliphatic hydroxyl groups is 1. The van der Waals surface area contributed by atoms with Crippen LogP contribution in [0.5, 0.6) is 0 Å². The summed E-state index contributed by atoms with van der Waals surface area (Å²) in [7, 11) is 0. The first-order valence-corrected chi connectivity index (χ1v) is 9.21. The van der Waals surface area contributed by atoms with Crippen LogP contribution in [0.3, 0.4) is 0 Å². The molecule has 1 atom stereocenters. The maximum absolute atomic E-state index is 8.81. The lowest BCUT2D eigenvalue weighted by atomic mass is 9.96. The SMILES string of the molecule is CC(C)=C[C@@H]1OCCc2ccccc21.[2H]C=CCc1ccccc1CCO. The van der Waals surface area contributed by atoms with Crippen LogP contribution in [-0.2, 0) is 24.0 Å². The Balaban J connectivity index is 0.000000194. The predicted molar refractivity (Wildman–Crippen MR) is 109 cm³/mol. The van der Waals surface area contributed by atoms with Crippen LogP contribution in [0.4, 0.5) is 0 Å². The fourth-order valence-corrected chi connectivity index (χ4v) is 3.11. The number of allylic oxidation sites excluding steroid dienone is 2. The van der Waals surface area contributed by atoms with Gasteiger partial charge in [0.1, 0.15) is 6.10 Å². The third-order valence-electron chi connectivity index (χ3n) is 4.35. The molecule has 0 radical (unpaired) electrons. The normalized spacial score (nSPS) is 16.3. The number of aliphatic hydroxyl groups excluding tert-OH is 1. The summed E-state index contributed by atoms with van der Waals surface area (Å²) in [5, 5.41) is 8.81. The van der Waals surface area contributed by atoms with Crippen molar-refractivity contribution in [1.82, 2.24) is 0 Å². The number of fused-ring (bicyclic) bond motifs is 1. The molecule has 1 heterocycles. The summed E-state index contributed by atoms with van der Waals surface area (Å²) in [6, 6.07) is 16.5. The van der Waals surface area contributed by atoms with Crippen molar-refractivity contribution >= 4 is 0 Å². The Bertz CT molecular complexity index is 760. The maximum atomic E-state index is 8.81. The van der Waals surface area contributed by atoms with Crippen LogP contribution < -0.4 is 0 Å². The highest BCUT2D eigenvalue weighted by Crippen LogP contribution is 2.28. The first-order valence-electron chi connectivity index (χ1n) is 9.79. The number of hydrogen-bond donors (Lipinski definition) is 1. The van der Waals surface area contributed by atoms with Crippen LogP contribution in [0.25, 0.3) is 0 Å². The Morgan fingerprint density at radius 1 is 1.19 bits per heavy atom. The van der Waals surface area contributed by atoms with E-state index in [9.17, 15) is 0 Å². The molecule has 2 aromatic rings.